The van der Waals surface area contributed by atoms with Crippen molar-refractivity contribution in [1.29, 1.82) is 0 Å². The minimum Gasteiger partial charge on any atom is -0.287 e. The Morgan fingerprint density at radius 1 is 1.75 bits per heavy atom. The Bertz CT molecular complexity index is 62.9. The van der Waals surface area contributed by atoms with Crippen LogP contribution in [0.4, 0.5) is 0 Å². The molecule has 0 aliphatic rings. The standard InChI is InChI=1S/C6H11OS/c1-3-5-6(7)8-4-2/h2-5H2,1H3. The average Bonchev–Trinajstić information content (AvgIpc) is 1.68. The first-order valence-corrected chi connectivity index (χ1v) is 3.74. The van der Waals surface area contributed by atoms with Gasteiger partial charge in [0.2, 0.25) is 0 Å². The number of rotatable bonds is 3. The monoisotopic (exact) mass is 131 g/mol. The van der Waals surface area contributed by atoms with E-state index in [0.717, 1.165) is 6.42 Å². The van der Waals surface area contributed by atoms with Gasteiger partial charge in [-0.3, -0.25) is 4.79 Å². The van der Waals surface area contributed by atoms with Crippen molar-refractivity contribution in [2.75, 3.05) is 5.75 Å². The molecule has 0 unspecified atom stereocenters. The molecule has 0 amide bonds. The van der Waals surface area contributed by atoms with Crippen LogP contribution in [0.15, 0.2) is 0 Å². The number of thioether (sulfide) groups is 1. The smallest absolute Gasteiger partial charge is 0.188 e. The van der Waals surface area contributed by atoms with Crippen LogP contribution in [0.5, 0.6) is 0 Å². The molecule has 0 heterocycles. The fraction of sp³-hybridized carbons (Fsp3) is 0.667. The fourth-order valence-corrected chi connectivity index (χ4v) is 0.966. The van der Waals surface area contributed by atoms with Crippen molar-refractivity contribution in [2.45, 2.75) is 19.8 Å². The van der Waals surface area contributed by atoms with Gasteiger partial charge in [-0.05, 0) is 13.3 Å². The molecule has 0 saturated carbocycles. The predicted molar refractivity (Wildman–Crippen MR) is 37.7 cm³/mol. The van der Waals surface area contributed by atoms with Crippen LogP contribution in [0.3, 0.4) is 0 Å². The van der Waals surface area contributed by atoms with Crippen molar-refractivity contribution in [3.05, 3.63) is 6.92 Å². The zero-order chi connectivity index (χ0) is 6.41. The van der Waals surface area contributed by atoms with E-state index in [1.165, 1.54) is 11.8 Å². The van der Waals surface area contributed by atoms with Gasteiger partial charge in [0.05, 0.1) is 0 Å². The number of carbonyl (C=O) groups is 1. The van der Waals surface area contributed by atoms with E-state index in [1.807, 2.05) is 6.92 Å². The van der Waals surface area contributed by atoms with Crippen LogP contribution >= 0.6 is 11.8 Å². The quantitative estimate of drug-likeness (QED) is 0.581. The third-order valence-corrected chi connectivity index (χ3v) is 1.45. The Balaban J connectivity index is 3.06. The van der Waals surface area contributed by atoms with Crippen LogP contribution in [-0.4, -0.2) is 10.9 Å². The maximum atomic E-state index is 10.6. The maximum Gasteiger partial charge on any atom is 0.188 e. The first-order chi connectivity index (χ1) is 3.81. The first-order valence-electron chi connectivity index (χ1n) is 2.76. The second kappa shape index (κ2) is 5.16. The molecule has 2 heteroatoms. The number of hydrogen-bond acceptors (Lipinski definition) is 2. The highest BCUT2D eigenvalue weighted by atomic mass is 32.2. The second-order valence-electron chi connectivity index (χ2n) is 1.47. The molecule has 0 N–H and O–H groups in total. The average molecular weight is 131 g/mol. The molecule has 0 aromatic carbocycles. The summed E-state index contributed by atoms with van der Waals surface area (Å²) in [5.41, 5.74) is 0. The fourth-order valence-electron chi connectivity index (χ4n) is 0.390. The number of carbonyl (C=O) groups excluding carboxylic acids is 1. The Labute approximate surface area is 54.8 Å². The Hall–Kier alpha value is 0.0200. The van der Waals surface area contributed by atoms with Gasteiger partial charge in [0.1, 0.15) is 0 Å². The van der Waals surface area contributed by atoms with Gasteiger partial charge in [0.15, 0.2) is 5.12 Å². The predicted octanol–water partition coefficient (Wildman–Crippen LogP) is 1.88. The highest BCUT2D eigenvalue weighted by Gasteiger charge is 1.95. The summed E-state index contributed by atoms with van der Waals surface area (Å²) in [5, 5.41) is 0.266. The van der Waals surface area contributed by atoms with Crippen molar-refractivity contribution >= 4 is 16.9 Å². The van der Waals surface area contributed by atoms with Crippen molar-refractivity contribution < 1.29 is 4.79 Å². The molecule has 0 rings (SSSR count). The highest BCUT2D eigenvalue weighted by Crippen LogP contribution is 2.04. The minimum absolute atomic E-state index is 0.266. The summed E-state index contributed by atoms with van der Waals surface area (Å²) in [6.07, 6.45) is 1.64. The molecule has 0 fully saturated rings. The van der Waals surface area contributed by atoms with Gasteiger partial charge in [0.25, 0.3) is 0 Å². The molecule has 0 bridgehead atoms. The van der Waals surface area contributed by atoms with Crippen LogP contribution in [0, 0.1) is 6.92 Å². The van der Waals surface area contributed by atoms with E-state index in [9.17, 15) is 4.79 Å². The van der Waals surface area contributed by atoms with Crippen LogP contribution in [0.2, 0.25) is 0 Å². The van der Waals surface area contributed by atoms with E-state index in [4.69, 9.17) is 0 Å². The molecule has 8 heavy (non-hydrogen) atoms. The van der Waals surface area contributed by atoms with Crippen LogP contribution in [0.25, 0.3) is 0 Å². The molecule has 1 radical (unpaired) electrons. The molecule has 0 atom stereocenters. The van der Waals surface area contributed by atoms with Crippen LogP contribution in [-0.2, 0) is 4.79 Å². The Kier molecular flexibility index (Phi) is 5.18. The van der Waals surface area contributed by atoms with Gasteiger partial charge < -0.3 is 0 Å². The largest absolute Gasteiger partial charge is 0.287 e. The second-order valence-corrected chi connectivity index (χ2v) is 2.62. The van der Waals surface area contributed by atoms with Crippen molar-refractivity contribution in [3.63, 3.8) is 0 Å². The maximum absolute atomic E-state index is 10.6. The Morgan fingerprint density at radius 2 is 2.38 bits per heavy atom. The summed E-state index contributed by atoms with van der Waals surface area (Å²) in [7, 11) is 0. The van der Waals surface area contributed by atoms with Crippen molar-refractivity contribution in [2.24, 2.45) is 0 Å². The van der Waals surface area contributed by atoms with Crippen molar-refractivity contribution in [3.8, 4) is 0 Å². The molecule has 0 spiro atoms. The molecule has 0 aliphatic heterocycles. The van der Waals surface area contributed by atoms with E-state index in [-0.39, 0.29) is 5.12 Å². The molecule has 0 aliphatic carbocycles. The summed E-state index contributed by atoms with van der Waals surface area (Å²) >= 11 is 1.31. The zero-order valence-electron chi connectivity index (χ0n) is 5.14. The summed E-state index contributed by atoms with van der Waals surface area (Å²) < 4.78 is 0. The minimum atomic E-state index is 0.266. The third kappa shape index (κ3) is 4.19. The van der Waals surface area contributed by atoms with Gasteiger partial charge in [0, 0.05) is 12.2 Å². The topological polar surface area (TPSA) is 17.1 Å². The van der Waals surface area contributed by atoms with Gasteiger partial charge >= 0.3 is 0 Å². The Morgan fingerprint density at radius 3 is 2.75 bits per heavy atom. The summed E-state index contributed by atoms with van der Waals surface area (Å²) in [5.74, 6) is 0.666. The van der Waals surface area contributed by atoms with Gasteiger partial charge in [-0.1, -0.05) is 18.7 Å². The molecule has 0 aromatic heterocycles. The molecule has 1 nitrogen and oxygen atoms in total. The highest BCUT2D eigenvalue weighted by molar-refractivity contribution is 8.13. The molecule has 47 valence electrons. The molecular weight excluding hydrogens is 120 g/mol. The SMILES string of the molecule is [CH2]CSC(=O)CCC. The summed E-state index contributed by atoms with van der Waals surface area (Å²) in [4.78, 5) is 10.6. The van der Waals surface area contributed by atoms with Gasteiger partial charge in [-0.25, -0.2) is 0 Å². The van der Waals surface area contributed by atoms with E-state index >= 15 is 0 Å². The summed E-state index contributed by atoms with van der Waals surface area (Å²) in [6.45, 7) is 5.55. The van der Waals surface area contributed by atoms with E-state index in [2.05, 4.69) is 6.92 Å². The van der Waals surface area contributed by atoms with Crippen molar-refractivity contribution in [1.82, 2.24) is 0 Å². The lowest BCUT2D eigenvalue weighted by Gasteiger charge is -1.90. The van der Waals surface area contributed by atoms with Crippen LogP contribution < -0.4 is 0 Å². The molecule has 0 aromatic rings. The van der Waals surface area contributed by atoms with E-state index < -0.39 is 0 Å². The van der Waals surface area contributed by atoms with E-state index in [1.54, 1.807) is 0 Å². The number of hydrogen-bond donors (Lipinski definition) is 0. The van der Waals surface area contributed by atoms with Gasteiger partial charge in [-0.2, -0.15) is 0 Å². The van der Waals surface area contributed by atoms with E-state index in [0.29, 0.717) is 12.2 Å². The van der Waals surface area contributed by atoms with Gasteiger partial charge in [-0.15, -0.1) is 0 Å². The third-order valence-electron chi connectivity index (χ3n) is 0.717. The normalized spacial score (nSPS) is 9.25. The van der Waals surface area contributed by atoms with Crippen LogP contribution in [0.1, 0.15) is 19.8 Å². The lowest BCUT2D eigenvalue weighted by molar-refractivity contribution is -0.111. The molecular formula is C6H11OS. The summed E-state index contributed by atoms with van der Waals surface area (Å²) in [6, 6.07) is 0. The lowest BCUT2D eigenvalue weighted by Crippen LogP contribution is -1.88. The zero-order valence-corrected chi connectivity index (χ0v) is 5.96. The first kappa shape index (κ1) is 8.02. The lowest BCUT2D eigenvalue weighted by atomic mass is 10.4. The molecule has 0 saturated heterocycles.